The van der Waals surface area contributed by atoms with Gasteiger partial charge in [-0.1, -0.05) is 0 Å². The quantitative estimate of drug-likeness (QED) is 0.742. The smallest absolute Gasteiger partial charge is 0.410 e. The van der Waals surface area contributed by atoms with Crippen molar-refractivity contribution in [1.29, 1.82) is 0 Å². The minimum absolute atomic E-state index is 0.109. The fraction of sp³-hybridized carbons (Fsp3) is 0.900. The zero-order valence-electron chi connectivity index (χ0n) is 9.69. The van der Waals surface area contributed by atoms with E-state index in [9.17, 15) is 9.90 Å². The second-order valence-electron chi connectivity index (χ2n) is 4.73. The Balaban J connectivity index is 2.50. The average Bonchev–Trinajstić information content (AvgIpc) is 2.43. The number of nitrogens with zero attached hydrogens (tertiary/aromatic N) is 1. The summed E-state index contributed by atoms with van der Waals surface area (Å²) in [6, 6.07) is 0. The van der Waals surface area contributed by atoms with E-state index in [0.29, 0.717) is 13.1 Å². The lowest BCUT2D eigenvalue weighted by molar-refractivity contribution is 0.0270. The molecule has 0 aliphatic carbocycles. The highest BCUT2D eigenvalue weighted by atomic mass is 32.2. The monoisotopic (exact) mass is 233 g/mol. The Morgan fingerprint density at radius 1 is 1.47 bits per heavy atom. The molecule has 0 aromatic heterocycles. The van der Waals surface area contributed by atoms with E-state index in [1.807, 2.05) is 27.0 Å². The number of ether oxygens (including phenoxy) is 1. The lowest BCUT2D eigenvalue weighted by atomic mass is 10.2. The zero-order chi connectivity index (χ0) is 11.6. The van der Waals surface area contributed by atoms with Gasteiger partial charge in [0, 0.05) is 11.8 Å². The minimum Gasteiger partial charge on any atom is -0.444 e. The molecule has 0 unspecified atom stereocenters. The van der Waals surface area contributed by atoms with Crippen LogP contribution in [0.1, 0.15) is 20.8 Å². The first-order valence-corrected chi connectivity index (χ1v) is 6.31. The van der Waals surface area contributed by atoms with E-state index in [4.69, 9.17) is 4.74 Å². The van der Waals surface area contributed by atoms with Gasteiger partial charge in [0.25, 0.3) is 0 Å². The van der Waals surface area contributed by atoms with Crippen LogP contribution in [0, 0.1) is 0 Å². The van der Waals surface area contributed by atoms with E-state index in [1.165, 1.54) is 0 Å². The summed E-state index contributed by atoms with van der Waals surface area (Å²) in [5, 5.41) is 9.75. The van der Waals surface area contributed by atoms with Gasteiger partial charge >= 0.3 is 6.09 Å². The van der Waals surface area contributed by atoms with Gasteiger partial charge in [-0.15, -0.1) is 0 Å². The third-order valence-electron chi connectivity index (χ3n) is 2.19. The van der Waals surface area contributed by atoms with Gasteiger partial charge in [0.1, 0.15) is 5.60 Å². The Morgan fingerprint density at radius 3 is 2.47 bits per heavy atom. The van der Waals surface area contributed by atoms with E-state index in [1.54, 1.807) is 16.7 Å². The standard InChI is InChI=1S/C10H19NO3S/c1-10(2,3)14-9(13)11-5-7(12)8(6-11)15-4/h7-8,12H,5-6H2,1-4H3/t7-,8+/m1/s1. The summed E-state index contributed by atoms with van der Waals surface area (Å²) in [5.41, 5.74) is -0.473. The number of likely N-dealkylation sites (tertiary alicyclic amines) is 1. The molecule has 0 aromatic rings. The normalized spacial score (nSPS) is 26.9. The summed E-state index contributed by atoms with van der Waals surface area (Å²) in [7, 11) is 0. The molecule has 88 valence electrons. The second kappa shape index (κ2) is 4.61. The summed E-state index contributed by atoms with van der Waals surface area (Å²) in [6.45, 7) is 6.45. The Hall–Kier alpha value is -0.420. The summed E-state index contributed by atoms with van der Waals surface area (Å²) in [4.78, 5) is 13.2. The van der Waals surface area contributed by atoms with Gasteiger partial charge in [-0.3, -0.25) is 0 Å². The molecule has 1 heterocycles. The molecular formula is C10H19NO3S. The third kappa shape index (κ3) is 3.57. The lowest BCUT2D eigenvalue weighted by Gasteiger charge is -2.24. The van der Waals surface area contributed by atoms with Gasteiger partial charge in [0.15, 0.2) is 0 Å². The molecule has 4 nitrogen and oxygen atoms in total. The number of rotatable bonds is 1. The Bertz CT molecular complexity index is 239. The van der Waals surface area contributed by atoms with E-state index in [-0.39, 0.29) is 11.3 Å². The van der Waals surface area contributed by atoms with Gasteiger partial charge in [-0.2, -0.15) is 11.8 Å². The van der Waals surface area contributed by atoms with Crippen LogP contribution in [0.3, 0.4) is 0 Å². The maximum absolute atomic E-state index is 11.7. The number of hydrogen-bond acceptors (Lipinski definition) is 4. The van der Waals surface area contributed by atoms with E-state index >= 15 is 0 Å². The van der Waals surface area contributed by atoms with Crippen LogP contribution in [0.2, 0.25) is 0 Å². The number of aliphatic hydroxyl groups excluding tert-OH is 1. The molecule has 0 radical (unpaired) electrons. The summed E-state index contributed by atoms with van der Waals surface area (Å²) in [6.07, 6.45) is 1.16. The van der Waals surface area contributed by atoms with Crippen LogP contribution in [0.25, 0.3) is 0 Å². The van der Waals surface area contributed by atoms with E-state index < -0.39 is 11.7 Å². The largest absolute Gasteiger partial charge is 0.444 e. The number of carbonyl (C=O) groups excluding carboxylic acids is 1. The van der Waals surface area contributed by atoms with Crippen molar-refractivity contribution < 1.29 is 14.6 Å². The van der Waals surface area contributed by atoms with Gasteiger partial charge in [0.05, 0.1) is 12.6 Å². The highest BCUT2D eigenvalue weighted by Crippen LogP contribution is 2.22. The van der Waals surface area contributed by atoms with Gasteiger partial charge in [-0.05, 0) is 27.0 Å². The maximum Gasteiger partial charge on any atom is 0.410 e. The molecule has 1 aliphatic heterocycles. The number of amides is 1. The molecule has 1 rings (SSSR count). The average molecular weight is 233 g/mol. The van der Waals surface area contributed by atoms with Crippen molar-refractivity contribution in [3.63, 3.8) is 0 Å². The Morgan fingerprint density at radius 2 is 2.07 bits per heavy atom. The topological polar surface area (TPSA) is 49.8 Å². The predicted molar refractivity (Wildman–Crippen MR) is 61.1 cm³/mol. The van der Waals surface area contributed by atoms with Gasteiger partial charge in [-0.25, -0.2) is 4.79 Å². The maximum atomic E-state index is 11.7. The molecule has 1 fully saturated rings. The fourth-order valence-electron chi connectivity index (χ4n) is 1.46. The van der Waals surface area contributed by atoms with Crippen molar-refractivity contribution in [1.82, 2.24) is 4.90 Å². The van der Waals surface area contributed by atoms with Crippen LogP contribution in [0.5, 0.6) is 0 Å². The lowest BCUT2D eigenvalue weighted by Crippen LogP contribution is -2.35. The van der Waals surface area contributed by atoms with Crippen molar-refractivity contribution in [2.24, 2.45) is 0 Å². The van der Waals surface area contributed by atoms with Crippen LogP contribution < -0.4 is 0 Å². The predicted octanol–water partition coefficient (Wildman–Crippen LogP) is 1.33. The molecule has 5 heteroatoms. The SMILES string of the molecule is CS[C@H]1CN(C(=O)OC(C)(C)C)C[C@H]1O. The van der Waals surface area contributed by atoms with Crippen LogP contribution in [0.4, 0.5) is 4.79 Å². The molecule has 0 spiro atoms. The van der Waals surface area contributed by atoms with E-state index in [2.05, 4.69) is 0 Å². The summed E-state index contributed by atoms with van der Waals surface area (Å²) in [5.74, 6) is 0. The number of β-amino-alcohol motifs (C(OH)–C–C–N with tert-alkyl or cyclic N) is 1. The van der Waals surface area contributed by atoms with Crippen molar-refractivity contribution >= 4 is 17.9 Å². The van der Waals surface area contributed by atoms with Crippen molar-refractivity contribution in [2.75, 3.05) is 19.3 Å². The first-order valence-electron chi connectivity index (χ1n) is 5.02. The summed E-state index contributed by atoms with van der Waals surface area (Å²) < 4.78 is 5.23. The Kier molecular flexibility index (Phi) is 3.89. The van der Waals surface area contributed by atoms with Crippen molar-refractivity contribution in [3.05, 3.63) is 0 Å². The molecule has 1 amide bonds. The highest BCUT2D eigenvalue weighted by Gasteiger charge is 2.35. The molecule has 1 saturated heterocycles. The fourth-order valence-corrected chi connectivity index (χ4v) is 2.19. The van der Waals surface area contributed by atoms with Crippen LogP contribution in [-0.4, -0.2) is 52.4 Å². The van der Waals surface area contributed by atoms with Crippen LogP contribution >= 0.6 is 11.8 Å². The van der Waals surface area contributed by atoms with E-state index in [0.717, 1.165) is 0 Å². The first kappa shape index (κ1) is 12.6. The molecule has 2 atom stereocenters. The number of aliphatic hydroxyl groups is 1. The van der Waals surface area contributed by atoms with Gasteiger partial charge < -0.3 is 14.7 Å². The zero-order valence-corrected chi connectivity index (χ0v) is 10.5. The molecule has 1 aliphatic rings. The highest BCUT2D eigenvalue weighted by molar-refractivity contribution is 7.99. The summed E-state index contributed by atoms with van der Waals surface area (Å²) >= 11 is 1.58. The minimum atomic E-state index is -0.473. The number of hydrogen-bond donors (Lipinski definition) is 1. The molecular weight excluding hydrogens is 214 g/mol. The molecule has 0 bridgehead atoms. The molecule has 1 N–H and O–H groups in total. The molecule has 0 aromatic carbocycles. The van der Waals surface area contributed by atoms with Crippen molar-refractivity contribution in [2.45, 2.75) is 37.7 Å². The number of thioether (sulfide) groups is 1. The van der Waals surface area contributed by atoms with Crippen molar-refractivity contribution in [3.8, 4) is 0 Å². The number of carbonyl (C=O) groups is 1. The molecule has 0 saturated carbocycles. The third-order valence-corrected chi connectivity index (χ3v) is 3.26. The van der Waals surface area contributed by atoms with Crippen LogP contribution in [-0.2, 0) is 4.74 Å². The first-order chi connectivity index (χ1) is 6.83. The molecule has 15 heavy (non-hydrogen) atoms. The second-order valence-corrected chi connectivity index (χ2v) is 5.80. The van der Waals surface area contributed by atoms with Gasteiger partial charge in [0.2, 0.25) is 0 Å². The van der Waals surface area contributed by atoms with Crippen LogP contribution in [0.15, 0.2) is 0 Å². The Labute approximate surface area is 95.0 Å².